The molecular weight excluding hydrogens is 236 g/mol. The molecule has 0 aliphatic rings. The van der Waals surface area contributed by atoms with Gasteiger partial charge in [-0.2, -0.15) is 5.10 Å². The van der Waals surface area contributed by atoms with Crippen molar-refractivity contribution in [2.45, 2.75) is 0 Å². The van der Waals surface area contributed by atoms with Crippen LogP contribution in [0, 0.1) is 0 Å². The lowest BCUT2D eigenvalue weighted by molar-refractivity contribution is 0.100. The fourth-order valence-electron chi connectivity index (χ4n) is 1.62. The van der Waals surface area contributed by atoms with Crippen LogP contribution in [0.1, 0.15) is 9.67 Å². The molecule has 0 aromatic carbocycles. The lowest BCUT2D eigenvalue weighted by Crippen LogP contribution is -2.08. The molecule has 2 N–H and O–H groups in total. The number of nitrogens with two attached hydrogens (primary N) is 1. The van der Waals surface area contributed by atoms with Gasteiger partial charge >= 0.3 is 0 Å². The third-order valence-corrected chi connectivity index (χ3v) is 3.34. The van der Waals surface area contributed by atoms with E-state index in [-0.39, 0.29) is 0 Å². The number of fused-ring (bicyclic) bond motifs is 1. The van der Waals surface area contributed by atoms with Crippen LogP contribution in [0.25, 0.3) is 16.7 Å². The molecule has 3 rings (SSSR count). The zero-order chi connectivity index (χ0) is 11.8. The Morgan fingerprint density at radius 1 is 1.47 bits per heavy atom. The van der Waals surface area contributed by atoms with Gasteiger partial charge < -0.3 is 5.73 Å². The second kappa shape index (κ2) is 3.67. The number of aromatic nitrogens is 3. The average molecular weight is 244 g/mol. The van der Waals surface area contributed by atoms with Crippen molar-refractivity contribution in [3.8, 4) is 5.69 Å². The molecule has 0 saturated carbocycles. The first-order valence-corrected chi connectivity index (χ1v) is 5.81. The number of carbonyl (C=O) groups excluding carboxylic acids is 1. The standard InChI is InChI=1S/C11H8N4OS/c12-10(16)9-4-8(6-17-9)15-11-7(5-14-15)2-1-3-13-11/h1-6H,(H2,12,16). The predicted molar refractivity (Wildman–Crippen MR) is 65.3 cm³/mol. The van der Waals surface area contributed by atoms with Crippen molar-refractivity contribution in [1.29, 1.82) is 0 Å². The van der Waals surface area contributed by atoms with Crippen molar-refractivity contribution in [2.75, 3.05) is 0 Å². The summed E-state index contributed by atoms with van der Waals surface area (Å²) in [6.45, 7) is 0. The van der Waals surface area contributed by atoms with Crippen molar-refractivity contribution in [1.82, 2.24) is 14.8 Å². The average Bonchev–Trinajstić information content (AvgIpc) is 2.95. The molecule has 0 unspecified atom stereocenters. The molecule has 84 valence electrons. The lowest BCUT2D eigenvalue weighted by Gasteiger charge is -1.97. The normalized spacial score (nSPS) is 10.8. The van der Waals surface area contributed by atoms with Gasteiger partial charge in [0.1, 0.15) is 0 Å². The Morgan fingerprint density at radius 2 is 2.35 bits per heavy atom. The molecule has 3 aromatic heterocycles. The molecule has 6 heteroatoms. The van der Waals surface area contributed by atoms with E-state index in [2.05, 4.69) is 10.1 Å². The molecule has 3 aromatic rings. The van der Waals surface area contributed by atoms with Gasteiger partial charge in [-0.15, -0.1) is 11.3 Å². The molecule has 0 aliphatic heterocycles. The van der Waals surface area contributed by atoms with Crippen LogP contribution in [-0.2, 0) is 0 Å². The smallest absolute Gasteiger partial charge is 0.258 e. The van der Waals surface area contributed by atoms with Crippen LogP contribution >= 0.6 is 11.3 Å². The van der Waals surface area contributed by atoms with Crippen LogP contribution in [0.4, 0.5) is 0 Å². The summed E-state index contributed by atoms with van der Waals surface area (Å²) in [5, 5.41) is 7.04. The van der Waals surface area contributed by atoms with Gasteiger partial charge in [-0.1, -0.05) is 0 Å². The Bertz CT molecular complexity index is 700. The molecule has 1 amide bonds. The summed E-state index contributed by atoms with van der Waals surface area (Å²) in [6.07, 6.45) is 3.45. The number of nitrogens with zero attached hydrogens (tertiary/aromatic N) is 3. The monoisotopic (exact) mass is 244 g/mol. The minimum atomic E-state index is -0.425. The largest absolute Gasteiger partial charge is 0.365 e. The maximum absolute atomic E-state index is 11.0. The summed E-state index contributed by atoms with van der Waals surface area (Å²) in [7, 11) is 0. The summed E-state index contributed by atoms with van der Waals surface area (Å²) in [6, 6.07) is 5.51. The third kappa shape index (κ3) is 1.58. The zero-order valence-electron chi connectivity index (χ0n) is 8.70. The van der Waals surface area contributed by atoms with E-state index < -0.39 is 5.91 Å². The van der Waals surface area contributed by atoms with Crippen molar-refractivity contribution in [3.05, 3.63) is 40.8 Å². The van der Waals surface area contributed by atoms with Gasteiger partial charge in [0, 0.05) is 17.0 Å². The van der Waals surface area contributed by atoms with E-state index in [9.17, 15) is 4.79 Å². The van der Waals surface area contributed by atoms with Crippen LogP contribution < -0.4 is 5.73 Å². The van der Waals surface area contributed by atoms with Crippen LogP contribution in [0.5, 0.6) is 0 Å². The quantitative estimate of drug-likeness (QED) is 0.743. The highest BCUT2D eigenvalue weighted by molar-refractivity contribution is 7.12. The second-order valence-electron chi connectivity index (χ2n) is 3.51. The van der Waals surface area contributed by atoms with Gasteiger partial charge in [0.15, 0.2) is 5.65 Å². The highest BCUT2D eigenvalue weighted by atomic mass is 32.1. The van der Waals surface area contributed by atoms with Crippen molar-refractivity contribution in [3.63, 3.8) is 0 Å². The number of hydrogen-bond acceptors (Lipinski definition) is 4. The Hall–Kier alpha value is -2.21. The van der Waals surface area contributed by atoms with E-state index in [1.54, 1.807) is 23.1 Å². The van der Waals surface area contributed by atoms with Gasteiger partial charge in [-0.05, 0) is 18.2 Å². The summed E-state index contributed by atoms with van der Waals surface area (Å²) in [4.78, 5) is 15.8. The van der Waals surface area contributed by atoms with Gasteiger partial charge in [0.05, 0.1) is 16.8 Å². The molecule has 0 saturated heterocycles. The Labute approximate surface area is 101 Å². The molecule has 0 spiro atoms. The molecule has 17 heavy (non-hydrogen) atoms. The van der Waals surface area contributed by atoms with Gasteiger partial charge in [-0.3, -0.25) is 4.79 Å². The molecular formula is C11H8N4OS. The van der Waals surface area contributed by atoms with Crippen LogP contribution in [0.3, 0.4) is 0 Å². The molecule has 3 heterocycles. The zero-order valence-corrected chi connectivity index (χ0v) is 9.52. The van der Waals surface area contributed by atoms with Crippen LogP contribution in [0.2, 0.25) is 0 Å². The first kappa shape index (κ1) is 9.98. The van der Waals surface area contributed by atoms with E-state index in [4.69, 9.17) is 5.73 Å². The van der Waals surface area contributed by atoms with Gasteiger partial charge in [0.25, 0.3) is 5.91 Å². The summed E-state index contributed by atoms with van der Waals surface area (Å²) in [5.74, 6) is -0.425. The number of thiophene rings is 1. The first-order chi connectivity index (χ1) is 8.25. The Morgan fingerprint density at radius 3 is 3.12 bits per heavy atom. The number of carbonyl (C=O) groups is 1. The number of hydrogen-bond donors (Lipinski definition) is 1. The van der Waals surface area contributed by atoms with Gasteiger partial charge in [-0.25, -0.2) is 9.67 Å². The van der Waals surface area contributed by atoms with E-state index in [0.29, 0.717) is 4.88 Å². The highest BCUT2D eigenvalue weighted by Gasteiger charge is 2.10. The minimum absolute atomic E-state index is 0.425. The number of rotatable bonds is 2. The minimum Gasteiger partial charge on any atom is -0.365 e. The fraction of sp³-hybridized carbons (Fsp3) is 0. The predicted octanol–water partition coefficient (Wildman–Crippen LogP) is 1.58. The maximum Gasteiger partial charge on any atom is 0.258 e. The molecule has 0 radical (unpaired) electrons. The second-order valence-corrected chi connectivity index (χ2v) is 4.42. The van der Waals surface area contributed by atoms with E-state index >= 15 is 0 Å². The van der Waals surface area contributed by atoms with E-state index in [1.165, 1.54) is 11.3 Å². The molecule has 0 aliphatic carbocycles. The SMILES string of the molecule is NC(=O)c1cc(-n2ncc3cccnc32)cs1. The maximum atomic E-state index is 11.0. The molecule has 0 atom stereocenters. The number of pyridine rings is 1. The third-order valence-electron chi connectivity index (χ3n) is 2.40. The molecule has 0 bridgehead atoms. The number of primary amides is 1. The highest BCUT2D eigenvalue weighted by Crippen LogP contribution is 2.21. The van der Waals surface area contributed by atoms with Crippen LogP contribution in [0.15, 0.2) is 36.0 Å². The Kier molecular flexibility index (Phi) is 2.15. The summed E-state index contributed by atoms with van der Waals surface area (Å²) in [5.41, 5.74) is 6.79. The number of amides is 1. The Balaban J connectivity index is 2.17. The van der Waals surface area contributed by atoms with Crippen LogP contribution in [-0.4, -0.2) is 20.7 Å². The summed E-state index contributed by atoms with van der Waals surface area (Å²) >= 11 is 1.30. The lowest BCUT2D eigenvalue weighted by atomic mass is 10.3. The van der Waals surface area contributed by atoms with Crippen molar-refractivity contribution >= 4 is 28.3 Å². The van der Waals surface area contributed by atoms with Crippen molar-refractivity contribution in [2.24, 2.45) is 5.73 Å². The molecule has 0 fully saturated rings. The van der Waals surface area contributed by atoms with Gasteiger partial charge in [0.2, 0.25) is 0 Å². The van der Waals surface area contributed by atoms with Crippen molar-refractivity contribution < 1.29 is 4.79 Å². The fourth-order valence-corrected chi connectivity index (χ4v) is 2.34. The van der Waals surface area contributed by atoms with E-state index in [1.807, 2.05) is 17.5 Å². The molecule has 5 nitrogen and oxygen atoms in total. The first-order valence-electron chi connectivity index (χ1n) is 4.93. The topological polar surface area (TPSA) is 73.8 Å². The van der Waals surface area contributed by atoms with E-state index in [0.717, 1.165) is 16.7 Å². The summed E-state index contributed by atoms with van der Waals surface area (Å²) < 4.78 is 1.69.